The van der Waals surface area contributed by atoms with Crippen LogP contribution in [0.15, 0.2) is 4.99 Å². The van der Waals surface area contributed by atoms with E-state index in [2.05, 4.69) is 15.6 Å². The van der Waals surface area contributed by atoms with E-state index in [1.807, 2.05) is 0 Å². The molecule has 150 valence electrons. The Labute approximate surface area is 150 Å². The Kier molecular flexibility index (Phi) is 13.1. The lowest BCUT2D eigenvalue weighted by Crippen LogP contribution is -2.46. The maximum atomic E-state index is 10.7. The van der Waals surface area contributed by atoms with E-state index in [4.69, 9.17) is 26.8 Å². The third-order valence-electron chi connectivity index (χ3n) is 2.73. The molecule has 12 nitrogen and oxygen atoms in total. The first-order valence-electron chi connectivity index (χ1n) is 7.61. The number of carbonyl (C=O) groups is 4. The molecule has 0 saturated carbocycles. The fourth-order valence-corrected chi connectivity index (χ4v) is 1.61. The first kappa shape index (κ1) is 25.4. The molecule has 0 saturated heterocycles. The quantitative estimate of drug-likeness (QED) is 0.129. The third kappa shape index (κ3) is 14.7. The van der Waals surface area contributed by atoms with Gasteiger partial charge >= 0.3 is 11.9 Å². The van der Waals surface area contributed by atoms with Crippen LogP contribution in [0.3, 0.4) is 0 Å². The van der Waals surface area contributed by atoms with Gasteiger partial charge in [-0.2, -0.15) is 0 Å². The molecule has 0 heterocycles. The Morgan fingerprint density at radius 2 is 1.50 bits per heavy atom. The molecule has 0 aliphatic carbocycles. The minimum absolute atomic E-state index is 0.0265. The first-order valence-corrected chi connectivity index (χ1v) is 7.61. The molecule has 0 bridgehead atoms. The van der Waals surface area contributed by atoms with Crippen molar-refractivity contribution < 1.29 is 34.5 Å². The Morgan fingerprint density at radius 3 is 1.77 bits per heavy atom. The van der Waals surface area contributed by atoms with Gasteiger partial charge < -0.3 is 37.4 Å². The second-order valence-electron chi connectivity index (χ2n) is 5.30. The first-order chi connectivity index (χ1) is 11.9. The van der Waals surface area contributed by atoms with Gasteiger partial charge in [-0.3, -0.25) is 14.6 Å². The second kappa shape index (κ2) is 13.4. The lowest BCUT2D eigenvalue weighted by Gasteiger charge is -2.15. The Hall–Kier alpha value is -2.89. The van der Waals surface area contributed by atoms with Gasteiger partial charge in [0.1, 0.15) is 6.04 Å². The highest BCUT2D eigenvalue weighted by Crippen LogP contribution is 1.98. The van der Waals surface area contributed by atoms with Crippen LogP contribution in [0.25, 0.3) is 0 Å². The van der Waals surface area contributed by atoms with Crippen molar-refractivity contribution in [1.82, 2.24) is 10.6 Å². The number of guanidine groups is 1. The fraction of sp³-hybridized carbons (Fsp3) is 0.643. The van der Waals surface area contributed by atoms with Crippen LogP contribution in [-0.2, 0) is 19.2 Å². The van der Waals surface area contributed by atoms with Crippen molar-refractivity contribution in [2.45, 2.75) is 51.8 Å². The second-order valence-corrected chi connectivity index (χ2v) is 5.30. The lowest BCUT2D eigenvalue weighted by atomic mass is 10.1. The fourth-order valence-electron chi connectivity index (χ4n) is 1.61. The van der Waals surface area contributed by atoms with E-state index in [-0.39, 0.29) is 11.9 Å². The molecule has 0 aromatic heterocycles. The number of carboxylic acid groups (broad SMARTS) is 2. The summed E-state index contributed by atoms with van der Waals surface area (Å²) in [4.78, 5) is 45.7. The zero-order valence-corrected chi connectivity index (χ0v) is 14.9. The zero-order valence-electron chi connectivity index (χ0n) is 14.9. The van der Waals surface area contributed by atoms with Gasteiger partial charge in [0.15, 0.2) is 12.0 Å². The van der Waals surface area contributed by atoms with Crippen LogP contribution in [-0.4, -0.2) is 69.8 Å². The maximum absolute atomic E-state index is 10.7. The van der Waals surface area contributed by atoms with Gasteiger partial charge in [0.05, 0.1) is 6.10 Å². The summed E-state index contributed by atoms with van der Waals surface area (Å²) in [5, 5.41) is 30.4. The summed E-state index contributed by atoms with van der Waals surface area (Å²) in [6.45, 7) is 4.12. The summed E-state index contributed by atoms with van der Waals surface area (Å²) >= 11 is 0. The lowest BCUT2D eigenvalue weighted by molar-refractivity contribution is -0.144. The third-order valence-corrected chi connectivity index (χ3v) is 2.73. The van der Waals surface area contributed by atoms with Crippen LogP contribution < -0.4 is 22.1 Å². The molecule has 2 amide bonds. The van der Waals surface area contributed by atoms with Crippen molar-refractivity contribution in [2.24, 2.45) is 16.5 Å². The van der Waals surface area contributed by atoms with Crippen molar-refractivity contribution in [1.29, 1.82) is 0 Å². The normalized spacial score (nSPS) is 13.1. The van der Waals surface area contributed by atoms with Crippen molar-refractivity contribution in [3.63, 3.8) is 0 Å². The minimum Gasteiger partial charge on any atom is -0.480 e. The molecule has 0 aromatic carbocycles. The number of nitrogens with zero attached hydrogens (tertiary/aromatic N) is 1. The van der Waals surface area contributed by atoms with E-state index in [0.717, 1.165) is 0 Å². The molecule has 12 heteroatoms. The molecular weight excluding hydrogens is 350 g/mol. The molecule has 0 radical (unpaired) electrons. The smallest absolute Gasteiger partial charge is 0.328 e. The predicted octanol–water partition coefficient (Wildman–Crippen LogP) is -2.41. The van der Waals surface area contributed by atoms with Gasteiger partial charge in [0.25, 0.3) is 0 Å². The molecule has 0 aliphatic heterocycles. The number of hydrogen-bond acceptors (Lipinski definition) is 6. The summed E-state index contributed by atoms with van der Waals surface area (Å²) in [5.74, 6) is -3.17. The van der Waals surface area contributed by atoms with E-state index >= 15 is 0 Å². The molecule has 0 unspecified atom stereocenters. The van der Waals surface area contributed by atoms with Gasteiger partial charge in [0.2, 0.25) is 11.8 Å². The summed E-state index contributed by atoms with van der Waals surface area (Å²) in [6.07, 6.45) is -0.294. The average molecular weight is 377 g/mol. The summed E-state index contributed by atoms with van der Waals surface area (Å²) in [7, 11) is 0. The van der Waals surface area contributed by atoms with Crippen LogP contribution in [0.2, 0.25) is 0 Å². The van der Waals surface area contributed by atoms with Gasteiger partial charge in [-0.25, -0.2) is 9.59 Å². The number of aliphatic imine (C=N–C) groups is 1. The largest absolute Gasteiger partial charge is 0.480 e. The number of aliphatic hydroxyl groups excluding tert-OH is 1. The number of amides is 2. The minimum atomic E-state index is -1.24. The van der Waals surface area contributed by atoms with Crippen molar-refractivity contribution >= 4 is 29.7 Å². The molecule has 0 aliphatic rings. The molecule has 0 aromatic rings. The van der Waals surface area contributed by atoms with Gasteiger partial charge in [-0.05, 0) is 19.8 Å². The number of carbonyl (C=O) groups excluding carboxylic acids is 2. The number of hydrogen-bond donors (Lipinski definition) is 7. The van der Waals surface area contributed by atoms with Gasteiger partial charge in [-0.15, -0.1) is 0 Å². The van der Waals surface area contributed by atoms with Crippen molar-refractivity contribution in [3.05, 3.63) is 0 Å². The van der Waals surface area contributed by atoms with E-state index < -0.39 is 36.0 Å². The number of carboxylic acids is 2. The summed E-state index contributed by atoms with van der Waals surface area (Å²) in [6, 6.07) is -2.09. The molecule has 9 N–H and O–H groups in total. The van der Waals surface area contributed by atoms with Crippen LogP contribution in [0.4, 0.5) is 0 Å². The van der Waals surface area contributed by atoms with Crippen molar-refractivity contribution in [3.8, 4) is 0 Å². The number of nitrogens with one attached hydrogen (secondary N) is 2. The van der Waals surface area contributed by atoms with Crippen molar-refractivity contribution in [2.75, 3.05) is 6.54 Å². The Morgan fingerprint density at radius 1 is 1.00 bits per heavy atom. The highest BCUT2D eigenvalue weighted by Gasteiger charge is 2.23. The SMILES string of the molecule is CC(=O)N[C@@H](CCCN=C(N)N)C(=O)O.CC(=O)N[C@H](C(=O)O)[C@@H](C)O. The number of aliphatic hydroxyl groups is 1. The number of rotatable bonds is 9. The number of nitrogens with two attached hydrogens (primary N) is 2. The van der Waals surface area contributed by atoms with E-state index in [9.17, 15) is 19.2 Å². The standard InChI is InChI=1S/C8H16N4O3.C6H11NO4/c1-5(13)12-6(7(14)15)3-2-4-11-8(9)10;1-3(8)5(6(10)11)7-4(2)9/h6H,2-4H2,1H3,(H,12,13)(H,14,15)(H4,9,10,11);3,5,8H,1-2H3,(H,7,9)(H,10,11)/t6-;3-,5+/m01/s1. The highest BCUT2D eigenvalue weighted by atomic mass is 16.4. The van der Waals surface area contributed by atoms with Gasteiger partial charge in [0, 0.05) is 20.4 Å². The zero-order chi connectivity index (χ0) is 20.9. The van der Waals surface area contributed by atoms with Crippen LogP contribution in [0.1, 0.15) is 33.6 Å². The van der Waals surface area contributed by atoms with Crippen LogP contribution in [0, 0.1) is 0 Å². The molecular formula is C14H27N5O7. The Balaban J connectivity index is 0. The summed E-state index contributed by atoms with van der Waals surface area (Å²) < 4.78 is 0. The maximum Gasteiger partial charge on any atom is 0.328 e. The van der Waals surface area contributed by atoms with Crippen LogP contribution >= 0.6 is 0 Å². The summed E-state index contributed by atoms with van der Waals surface area (Å²) in [5.41, 5.74) is 10.2. The molecule has 0 rings (SSSR count). The van der Waals surface area contributed by atoms with Crippen LogP contribution in [0.5, 0.6) is 0 Å². The Bertz CT molecular complexity index is 518. The molecule has 26 heavy (non-hydrogen) atoms. The molecule has 0 spiro atoms. The topological polar surface area (TPSA) is 217 Å². The monoisotopic (exact) mass is 377 g/mol. The number of aliphatic carboxylic acids is 2. The highest BCUT2D eigenvalue weighted by molar-refractivity contribution is 5.82. The van der Waals surface area contributed by atoms with E-state index in [0.29, 0.717) is 19.4 Å². The average Bonchev–Trinajstić information content (AvgIpc) is 2.47. The van der Waals surface area contributed by atoms with Gasteiger partial charge in [-0.1, -0.05) is 0 Å². The molecule has 3 atom stereocenters. The molecule has 0 fully saturated rings. The van der Waals surface area contributed by atoms with E-state index in [1.165, 1.54) is 20.8 Å². The van der Waals surface area contributed by atoms with E-state index in [1.54, 1.807) is 0 Å². The predicted molar refractivity (Wildman–Crippen MR) is 92.1 cm³/mol.